The van der Waals surface area contributed by atoms with Gasteiger partial charge in [0.2, 0.25) is 0 Å². The molecule has 2 fully saturated rings. The molecule has 4 nitrogen and oxygen atoms in total. The van der Waals surface area contributed by atoms with Gasteiger partial charge in [0.1, 0.15) is 5.82 Å². The molecule has 5 heteroatoms. The van der Waals surface area contributed by atoms with Crippen molar-refractivity contribution in [3.63, 3.8) is 0 Å². The zero-order valence-electron chi connectivity index (χ0n) is 13.2. The molecule has 0 bridgehead atoms. The summed E-state index contributed by atoms with van der Waals surface area (Å²) >= 11 is 0. The van der Waals surface area contributed by atoms with Gasteiger partial charge in [-0.3, -0.25) is 4.90 Å². The molecule has 122 valence electrons. The molecule has 0 unspecified atom stereocenters. The van der Waals surface area contributed by atoms with Crippen molar-refractivity contribution >= 4 is 5.69 Å². The summed E-state index contributed by atoms with van der Waals surface area (Å²) in [4.78, 5) is 4.68. The van der Waals surface area contributed by atoms with Crippen LogP contribution in [-0.2, 0) is 9.47 Å². The molecule has 0 N–H and O–H groups in total. The Morgan fingerprint density at radius 2 is 2.23 bits per heavy atom. The summed E-state index contributed by atoms with van der Waals surface area (Å²) in [6, 6.07) is 6.86. The molecular weight excluding hydrogens is 283 g/mol. The number of piperidine rings is 1. The average molecular weight is 308 g/mol. The number of benzene rings is 1. The molecule has 1 aromatic rings. The fourth-order valence-corrected chi connectivity index (χ4v) is 3.45. The predicted octanol–water partition coefficient (Wildman–Crippen LogP) is 2.00. The van der Waals surface area contributed by atoms with Gasteiger partial charge >= 0.3 is 0 Å². The van der Waals surface area contributed by atoms with Crippen LogP contribution in [0.2, 0.25) is 0 Å². The molecule has 2 atom stereocenters. The van der Waals surface area contributed by atoms with E-state index in [-0.39, 0.29) is 11.9 Å². The third-order valence-corrected chi connectivity index (χ3v) is 4.71. The van der Waals surface area contributed by atoms with E-state index in [1.54, 1.807) is 19.2 Å². The van der Waals surface area contributed by atoms with E-state index in [0.717, 1.165) is 58.0 Å². The second-order valence-corrected chi connectivity index (χ2v) is 6.18. The van der Waals surface area contributed by atoms with Gasteiger partial charge in [0.25, 0.3) is 0 Å². The predicted molar refractivity (Wildman–Crippen MR) is 84.8 cm³/mol. The first kappa shape index (κ1) is 15.7. The topological polar surface area (TPSA) is 24.9 Å². The number of ether oxygens (including phenoxy) is 2. The molecule has 3 rings (SSSR count). The summed E-state index contributed by atoms with van der Waals surface area (Å²) < 4.78 is 24.7. The van der Waals surface area contributed by atoms with Crippen LogP contribution in [0.4, 0.5) is 10.1 Å². The fraction of sp³-hybridized carbons (Fsp3) is 0.647. The highest BCUT2D eigenvalue weighted by atomic mass is 19.1. The lowest BCUT2D eigenvalue weighted by Gasteiger charge is -2.39. The van der Waals surface area contributed by atoms with Crippen molar-refractivity contribution in [2.45, 2.75) is 12.5 Å². The summed E-state index contributed by atoms with van der Waals surface area (Å²) in [7, 11) is 1.74. The lowest BCUT2D eigenvalue weighted by Crippen LogP contribution is -2.47. The van der Waals surface area contributed by atoms with Crippen molar-refractivity contribution in [3.8, 4) is 0 Å². The maximum absolute atomic E-state index is 13.4. The number of methoxy groups -OCH3 is 1. The molecule has 0 spiro atoms. The molecule has 2 aliphatic rings. The minimum absolute atomic E-state index is 0.174. The van der Waals surface area contributed by atoms with Crippen molar-refractivity contribution in [1.82, 2.24) is 4.90 Å². The summed E-state index contributed by atoms with van der Waals surface area (Å²) in [6.07, 6.45) is 1.33. The fourth-order valence-electron chi connectivity index (χ4n) is 3.45. The zero-order chi connectivity index (χ0) is 15.4. The van der Waals surface area contributed by atoms with Gasteiger partial charge < -0.3 is 14.4 Å². The first-order valence-corrected chi connectivity index (χ1v) is 8.09. The maximum Gasteiger partial charge on any atom is 0.125 e. The molecule has 2 saturated heterocycles. The Bertz CT molecular complexity index is 485. The summed E-state index contributed by atoms with van der Waals surface area (Å²) in [5.74, 6) is 0.385. The highest BCUT2D eigenvalue weighted by Gasteiger charge is 2.33. The first-order chi connectivity index (χ1) is 10.8. The van der Waals surface area contributed by atoms with Crippen LogP contribution in [0, 0.1) is 11.7 Å². The normalized spacial score (nSPS) is 26.5. The molecule has 0 aliphatic carbocycles. The van der Waals surface area contributed by atoms with Gasteiger partial charge in [-0.25, -0.2) is 4.39 Å². The number of rotatable bonds is 4. The minimum Gasteiger partial charge on any atom is -0.383 e. The molecule has 0 amide bonds. The van der Waals surface area contributed by atoms with Gasteiger partial charge in [-0.1, -0.05) is 6.07 Å². The van der Waals surface area contributed by atoms with E-state index >= 15 is 0 Å². The van der Waals surface area contributed by atoms with E-state index < -0.39 is 0 Å². The van der Waals surface area contributed by atoms with Crippen LogP contribution in [0.3, 0.4) is 0 Å². The van der Waals surface area contributed by atoms with Gasteiger partial charge in [-0.2, -0.15) is 0 Å². The Hall–Kier alpha value is -1.17. The minimum atomic E-state index is -0.174. The summed E-state index contributed by atoms with van der Waals surface area (Å²) in [6.45, 7) is 6.37. The lowest BCUT2D eigenvalue weighted by molar-refractivity contribution is 0.0253. The van der Waals surface area contributed by atoms with E-state index in [9.17, 15) is 4.39 Å². The van der Waals surface area contributed by atoms with Crippen LogP contribution in [0.5, 0.6) is 0 Å². The van der Waals surface area contributed by atoms with Gasteiger partial charge in [0.15, 0.2) is 0 Å². The van der Waals surface area contributed by atoms with Crippen LogP contribution in [0.15, 0.2) is 24.3 Å². The Kier molecular flexibility index (Phi) is 5.28. The molecule has 2 heterocycles. The molecule has 0 saturated carbocycles. The van der Waals surface area contributed by atoms with Gasteiger partial charge in [-0.15, -0.1) is 0 Å². The Labute approximate surface area is 131 Å². The van der Waals surface area contributed by atoms with Crippen molar-refractivity contribution in [2.75, 3.05) is 57.9 Å². The van der Waals surface area contributed by atoms with Crippen molar-refractivity contribution < 1.29 is 13.9 Å². The largest absolute Gasteiger partial charge is 0.383 e. The zero-order valence-corrected chi connectivity index (χ0v) is 13.2. The van der Waals surface area contributed by atoms with Gasteiger partial charge in [0, 0.05) is 51.4 Å². The van der Waals surface area contributed by atoms with Crippen molar-refractivity contribution in [3.05, 3.63) is 30.1 Å². The number of halogens is 1. The van der Waals surface area contributed by atoms with Gasteiger partial charge in [0.05, 0.1) is 19.3 Å². The third-order valence-electron chi connectivity index (χ3n) is 4.71. The van der Waals surface area contributed by atoms with E-state index in [2.05, 4.69) is 9.80 Å². The maximum atomic E-state index is 13.4. The number of nitrogens with zero attached hydrogens (tertiary/aromatic N) is 2. The molecule has 0 aromatic heterocycles. The van der Waals surface area contributed by atoms with Gasteiger partial charge in [-0.05, 0) is 24.6 Å². The number of anilines is 1. The van der Waals surface area contributed by atoms with Crippen LogP contribution >= 0.6 is 0 Å². The van der Waals surface area contributed by atoms with Crippen LogP contribution in [-0.4, -0.2) is 64.1 Å². The van der Waals surface area contributed by atoms with E-state index in [1.165, 1.54) is 6.07 Å². The summed E-state index contributed by atoms with van der Waals surface area (Å²) in [5.41, 5.74) is 0.961. The number of hydrogen-bond acceptors (Lipinski definition) is 4. The first-order valence-electron chi connectivity index (χ1n) is 8.09. The third kappa shape index (κ3) is 3.77. The van der Waals surface area contributed by atoms with E-state index in [4.69, 9.17) is 9.47 Å². The number of hydrogen-bond donors (Lipinski definition) is 0. The standard InChI is InChI=1S/C17H25FN2O2/c1-21-9-7-19-8-10-22-17-13-20(6-5-14(17)12-19)16-4-2-3-15(18)11-16/h2-4,11,14,17H,5-10,12-13H2,1H3/t14-,17+/m1/s1. The quantitative estimate of drug-likeness (QED) is 0.849. The average Bonchev–Trinajstić information content (AvgIpc) is 2.74. The molecule has 1 aromatic carbocycles. The Morgan fingerprint density at radius 1 is 1.32 bits per heavy atom. The second-order valence-electron chi connectivity index (χ2n) is 6.18. The van der Waals surface area contributed by atoms with E-state index in [1.807, 2.05) is 6.07 Å². The Morgan fingerprint density at radius 3 is 3.05 bits per heavy atom. The SMILES string of the molecule is COCCN1CCO[C@H]2CN(c3cccc(F)c3)CC[C@@H]2C1. The lowest BCUT2D eigenvalue weighted by atomic mass is 9.93. The summed E-state index contributed by atoms with van der Waals surface area (Å²) in [5, 5.41) is 0. The monoisotopic (exact) mass is 308 g/mol. The molecule has 2 aliphatic heterocycles. The number of fused-ring (bicyclic) bond motifs is 1. The highest BCUT2D eigenvalue weighted by Crippen LogP contribution is 2.27. The Balaban J connectivity index is 1.61. The smallest absolute Gasteiger partial charge is 0.125 e. The van der Waals surface area contributed by atoms with Crippen molar-refractivity contribution in [2.24, 2.45) is 5.92 Å². The van der Waals surface area contributed by atoms with Crippen LogP contribution in [0.1, 0.15) is 6.42 Å². The van der Waals surface area contributed by atoms with Crippen LogP contribution < -0.4 is 4.90 Å². The second kappa shape index (κ2) is 7.40. The van der Waals surface area contributed by atoms with E-state index in [0.29, 0.717) is 5.92 Å². The molecular formula is C17H25FN2O2. The van der Waals surface area contributed by atoms with Crippen molar-refractivity contribution in [1.29, 1.82) is 0 Å². The van der Waals surface area contributed by atoms with Crippen LogP contribution in [0.25, 0.3) is 0 Å². The highest BCUT2D eigenvalue weighted by molar-refractivity contribution is 5.47. The molecule has 0 radical (unpaired) electrons. The molecule has 22 heavy (non-hydrogen) atoms.